The quantitative estimate of drug-likeness (QED) is 0.0609. The third-order valence-corrected chi connectivity index (χ3v) is 8.47. The summed E-state index contributed by atoms with van der Waals surface area (Å²) in [7, 11) is 0. The first-order chi connectivity index (χ1) is 28.7. The number of terminal acetylenes is 1. The van der Waals surface area contributed by atoms with E-state index in [4.69, 9.17) is 21.5 Å². The van der Waals surface area contributed by atoms with Gasteiger partial charge in [-0.1, -0.05) is 0 Å². The Hall–Kier alpha value is -8.50. The number of phenols is 1. The second-order valence-corrected chi connectivity index (χ2v) is 13.1. The van der Waals surface area contributed by atoms with Crippen LogP contribution in [-0.4, -0.2) is 57.9 Å². The van der Waals surface area contributed by atoms with Crippen LogP contribution < -0.4 is 31.3 Å². The molecule has 1 atom stereocenters. The number of ether oxygens (including phenoxy) is 1. The Labute approximate surface area is 342 Å². The van der Waals surface area contributed by atoms with E-state index in [1.165, 1.54) is 91.0 Å². The van der Waals surface area contributed by atoms with E-state index in [2.05, 4.69) is 32.5 Å². The molecule has 0 spiro atoms. The number of nitrogens with zero attached hydrogens (tertiary/aromatic N) is 1. The number of halogens is 1. The summed E-state index contributed by atoms with van der Waals surface area (Å²) < 4.78 is 21.0. The van der Waals surface area contributed by atoms with Gasteiger partial charge in [-0.05, 0) is 117 Å². The number of benzene rings is 5. The van der Waals surface area contributed by atoms with Gasteiger partial charge in [0, 0.05) is 34.6 Å². The third-order valence-electron chi connectivity index (χ3n) is 8.47. The van der Waals surface area contributed by atoms with Crippen molar-refractivity contribution >= 4 is 58.3 Å². The van der Waals surface area contributed by atoms with Crippen LogP contribution in [0.2, 0.25) is 0 Å². The summed E-state index contributed by atoms with van der Waals surface area (Å²) in [6.07, 6.45) is 4.66. The van der Waals surface area contributed by atoms with Gasteiger partial charge < -0.3 is 41.5 Å². The number of carboxylic acid groups (broad SMARTS) is 1. The number of carboxylic acids is 1. The zero-order valence-corrected chi connectivity index (χ0v) is 31.8. The normalized spacial score (nSPS) is 10.9. The lowest BCUT2D eigenvalue weighted by Gasteiger charge is -2.18. The molecule has 0 saturated carbocycles. The average molecular weight is 811 g/mol. The highest BCUT2D eigenvalue weighted by atomic mass is 19.1. The van der Waals surface area contributed by atoms with Crippen LogP contribution in [0, 0.1) is 29.5 Å². The highest BCUT2D eigenvalue weighted by Crippen LogP contribution is 2.36. The summed E-state index contributed by atoms with van der Waals surface area (Å²) in [5.74, 6) is -4.39. The van der Waals surface area contributed by atoms with Gasteiger partial charge >= 0.3 is 5.97 Å². The van der Waals surface area contributed by atoms with Crippen LogP contribution in [0.5, 0.6) is 11.5 Å². The van der Waals surface area contributed by atoms with E-state index in [1.807, 2.05) is 6.07 Å². The summed E-state index contributed by atoms with van der Waals surface area (Å²) in [4.78, 5) is 76.4. The van der Waals surface area contributed by atoms with Crippen molar-refractivity contribution in [2.24, 2.45) is 0 Å². The van der Waals surface area contributed by atoms with Crippen LogP contribution >= 0.6 is 0 Å². The van der Waals surface area contributed by atoms with Gasteiger partial charge in [0.15, 0.2) is 11.5 Å². The van der Waals surface area contributed by atoms with Gasteiger partial charge in [0.1, 0.15) is 11.9 Å². The highest BCUT2D eigenvalue weighted by Gasteiger charge is 2.25. The summed E-state index contributed by atoms with van der Waals surface area (Å²) >= 11 is 0. The van der Waals surface area contributed by atoms with Crippen molar-refractivity contribution in [3.8, 4) is 29.9 Å². The Kier molecular flexibility index (Phi) is 13.6. The maximum absolute atomic E-state index is 15.4. The molecule has 5 aromatic rings. The molecular formula is C44H35FN6O9. The second-order valence-electron chi connectivity index (χ2n) is 13.1. The maximum atomic E-state index is 15.4. The molecule has 0 fully saturated rings. The average Bonchev–Trinajstić information content (AvgIpc) is 3.22. The van der Waals surface area contributed by atoms with Crippen molar-refractivity contribution in [2.45, 2.75) is 32.4 Å². The fourth-order valence-corrected chi connectivity index (χ4v) is 5.47. The predicted octanol–water partition coefficient (Wildman–Crippen LogP) is 6.41. The first kappa shape index (κ1) is 42.6. The Morgan fingerprint density at radius 3 is 1.80 bits per heavy atom. The summed E-state index contributed by atoms with van der Waals surface area (Å²) in [5, 5.41) is 41.7. The molecular weight excluding hydrogens is 776 g/mol. The molecule has 0 heterocycles. The minimum Gasteiger partial charge on any atom is -0.504 e. The number of anilines is 4. The fraction of sp³-hybridized carbons (Fsp3) is 0.114. The Balaban J connectivity index is 1.22. The summed E-state index contributed by atoms with van der Waals surface area (Å²) in [6.45, 7) is 3.23. The standard InChI is InChI=1S/C44H35FN6O9/c1-4-5-36(51-40(54)27-10-14-29(15-11-27)47-39(53)26-8-6-25(23-46)7-9-26)43(57)49-31-18-21-35(34(45)22-31)50-42(56)33-20-19-32(37(52)38(33)60-24(2)3)41(55)48-30-16-12-28(13-17-30)44(58)59/h1,6-22,24,36,52H,5H2,2-3H3,(H,47,53)(H,48,55)(H,49,57)(H,50,56)(H,51,54)(H,58,59)/t36-/m0/s1. The Morgan fingerprint density at radius 2 is 1.23 bits per heavy atom. The number of nitriles is 1. The molecule has 5 amide bonds. The fourth-order valence-electron chi connectivity index (χ4n) is 5.47. The lowest BCUT2D eigenvalue weighted by atomic mass is 10.1. The number of nitrogens with one attached hydrogen (secondary N) is 5. The van der Waals surface area contributed by atoms with E-state index in [0.717, 1.165) is 12.1 Å². The van der Waals surface area contributed by atoms with Crippen molar-refractivity contribution in [2.75, 3.05) is 21.3 Å². The van der Waals surface area contributed by atoms with Gasteiger partial charge in [-0.25, -0.2) is 9.18 Å². The van der Waals surface area contributed by atoms with E-state index in [9.17, 15) is 33.9 Å². The number of carbonyl (C=O) groups is 6. The Morgan fingerprint density at radius 1 is 0.700 bits per heavy atom. The minimum absolute atomic E-state index is 0.00190. The Bertz CT molecular complexity index is 2560. The highest BCUT2D eigenvalue weighted by molar-refractivity contribution is 6.11. The first-order valence-corrected chi connectivity index (χ1v) is 17.9. The molecule has 7 N–H and O–H groups in total. The number of amides is 5. The van der Waals surface area contributed by atoms with E-state index in [1.54, 1.807) is 13.8 Å². The van der Waals surface area contributed by atoms with Crippen LogP contribution in [0.15, 0.2) is 103 Å². The van der Waals surface area contributed by atoms with Crippen molar-refractivity contribution in [3.05, 3.63) is 142 Å². The molecule has 0 saturated heterocycles. The number of aromatic carboxylic acids is 1. The zero-order chi connectivity index (χ0) is 43.5. The topological polar surface area (TPSA) is 236 Å². The molecule has 0 aromatic heterocycles. The minimum atomic E-state index is -1.24. The summed E-state index contributed by atoms with van der Waals surface area (Å²) in [6, 6.07) is 23.6. The van der Waals surface area contributed by atoms with Crippen molar-refractivity contribution in [3.63, 3.8) is 0 Å². The van der Waals surface area contributed by atoms with Gasteiger partial charge in [0.25, 0.3) is 23.6 Å². The number of phenolic OH excluding ortho intramolecular Hbond substituents is 1. The molecule has 0 unspecified atom stereocenters. The largest absolute Gasteiger partial charge is 0.504 e. The molecule has 0 aliphatic heterocycles. The molecule has 0 aliphatic carbocycles. The van der Waals surface area contributed by atoms with Gasteiger partial charge in [0.05, 0.1) is 40.1 Å². The third kappa shape index (κ3) is 10.7. The van der Waals surface area contributed by atoms with Gasteiger partial charge in [-0.2, -0.15) is 5.26 Å². The molecule has 60 heavy (non-hydrogen) atoms. The van der Waals surface area contributed by atoms with Crippen molar-refractivity contribution in [1.29, 1.82) is 5.26 Å². The number of rotatable bonds is 14. The molecule has 5 aromatic carbocycles. The summed E-state index contributed by atoms with van der Waals surface area (Å²) in [5.41, 5.74) is 0.618. The van der Waals surface area contributed by atoms with E-state index < -0.39 is 59.2 Å². The van der Waals surface area contributed by atoms with E-state index in [0.29, 0.717) is 16.8 Å². The second kappa shape index (κ2) is 19.1. The van der Waals surface area contributed by atoms with Crippen LogP contribution in [0.1, 0.15) is 77.6 Å². The molecule has 302 valence electrons. The van der Waals surface area contributed by atoms with Crippen LogP contribution in [0.25, 0.3) is 0 Å². The van der Waals surface area contributed by atoms with Crippen LogP contribution in [-0.2, 0) is 4.79 Å². The monoisotopic (exact) mass is 810 g/mol. The van der Waals surface area contributed by atoms with Crippen LogP contribution in [0.4, 0.5) is 27.1 Å². The molecule has 0 aliphatic rings. The van der Waals surface area contributed by atoms with Crippen molar-refractivity contribution < 1.29 is 48.1 Å². The van der Waals surface area contributed by atoms with E-state index >= 15 is 4.39 Å². The smallest absolute Gasteiger partial charge is 0.335 e. The van der Waals surface area contributed by atoms with Gasteiger partial charge in [-0.3, -0.25) is 24.0 Å². The molecule has 16 heteroatoms. The van der Waals surface area contributed by atoms with Gasteiger partial charge in [0.2, 0.25) is 5.91 Å². The van der Waals surface area contributed by atoms with Crippen molar-refractivity contribution in [1.82, 2.24) is 5.32 Å². The number of hydrogen-bond donors (Lipinski definition) is 7. The molecule has 5 rings (SSSR count). The lowest BCUT2D eigenvalue weighted by molar-refractivity contribution is -0.117. The predicted molar refractivity (Wildman–Crippen MR) is 218 cm³/mol. The van der Waals surface area contributed by atoms with E-state index in [-0.39, 0.29) is 51.5 Å². The SMILES string of the molecule is C#CC[C@H](NC(=O)c1ccc(NC(=O)c2ccc(C#N)cc2)cc1)C(=O)Nc1ccc(NC(=O)c2ccc(C(=O)Nc3ccc(C(=O)O)cc3)c(O)c2OC(C)C)c(F)c1. The molecule has 0 bridgehead atoms. The van der Waals surface area contributed by atoms with Crippen LogP contribution in [0.3, 0.4) is 0 Å². The number of aromatic hydroxyl groups is 1. The number of hydrogen-bond acceptors (Lipinski definition) is 9. The lowest BCUT2D eigenvalue weighted by Crippen LogP contribution is -2.43. The maximum Gasteiger partial charge on any atom is 0.335 e. The zero-order valence-electron chi connectivity index (χ0n) is 31.8. The molecule has 0 radical (unpaired) electrons. The van der Waals surface area contributed by atoms with Gasteiger partial charge in [-0.15, -0.1) is 12.3 Å². The first-order valence-electron chi connectivity index (χ1n) is 17.9. The number of carbonyl (C=O) groups excluding carboxylic acids is 5. The molecule has 15 nitrogen and oxygen atoms in total.